The molecule has 0 radical (unpaired) electrons. The zero-order valence-corrected chi connectivity index (χ0v) is 22.1. The normalized spacial score (nSPS) is 14.7. The van der Waals surface area contributed by atoms with Crippen LogP contribution in [0, 0.1) is 6.92 Å². The van der Waals surface area contributed by atoms with Crippen molar-refractivity contribution in [3.63, 3.8) is 0 Å². The number of piperazine rings is 1. The van der Waals surface area contributed by atoms with E-state index < -0.39 is 21.5 Å². The first-order valence-corrected chi connectivity index (χ1v) is 13.9. The Morgan fingerprint density at radius 1 is 1.11 bits per heavy atom. The molecule has 11 nitrogen and oxygen atoms in total. The van der Waals surface area contributed by atoms with Gasteiger partial charge in [0.05, 0.1) is 11.7 Å². The number of thiophene rings is 1. The van der Waals surface area contributed by atoms with Crippen molar-refractivity contribution in [3.05, 3.63) is 69.3 Å². The third kappa shape index (κ3) is 5.07. The second-order valence-electron chi connectivity index (χ2n) is 8.34. The van der Waals surface area contributed by atoms with Gasteiger partial charge >= 0.3 is 0 Å². The number of rotatable bonds is 6. The smallest absolute Gasteiger partial charge is 0.263 e. The molecule has 5 rings (SSSR count). The minimum absolute atomic E-state index is 0.00521. The van der Waals surface area contributed by atoms with Gasteiger partial charge in [0.2, 0.25) is 21.9 Å². The third-order valence-corrected chi connectivity index (χ3v) is 9.34. The van der Waals surface area contributed by atoms with Gasteiger partial charge in [0.25, 0.3) is 5.56 Å². The minimum Gasteiger partial charge on any atom is -0.338 e. The van der Waals surface area contributed by atoms with E-state index in [0.29, 0.717) is 39.5 Å². The second-order valence-corrected chi connectivity index (χ2v) is 11.9. The van der Waals surface area contributed by atoms with Gasteiger partial charge in [0, 0.05) is 54.2 Å². The number of aromatic nitrogens is 4. The van der Waals surface area contributed by atoms with E-state index in [4.69, 9.17) is 11.6 Å². The van der Waals surface area contributed by atoms with Gasteiger partial charge in [-0.1, -0.05) is 17.7 Å². The number of hydrogen-bond acceptors (Lipinski definition) is 9. The minimum atomic E-state index is -3.99. The highest BCUT2D eigenvalue weighted by atomic mass is 35.5. The number of fused-ring (bicyclic) bond motifs is 1. The van der Waals surface area contributed by atoms with Gasteiger partial charge in [-0.25, -0.2) is 23.4 Å². The first-order chi connectivity index (χ1) is 17.7. The van der Waals surface area contributed by atoms with Crippen molar-refractivity contribution in [3.8, 4) is 0 Å². The quantitative estimate of drug-likeness (QED) is 0.381. The molecule has 3 aromatic heterocycles. The average molecular weight is 560 g/mol. The van der Waals surface area contributed by atoms with Crippen LogP contribution in [0.4, 0.5) is 11.6 Å². The van der Waals surface area contributed by atoms with E-state index >= 15 is 0 Å². The Bertz CT molecular complexity index is 1630. The predicted octanol–water partition coefficient (Wildman–Crippen LogP) is 2.36. The summed E-state index contributed by atoms with van der Waals surface area (Å²) < 4.78 is 29.9. The molecule has 1 amide bonds. The zero-order valence-electron chi connectivity index (χ0n) is 19.7. The van der Waals surface area contributed by atoms with E-state index in [0.717, 1.165) is 15.9 Å². The molecule has 4 aromatic rings. The van der Waals surface area contributed by atoms with Crippen LogP contribution in [0.2, 0.25) is 5.02 Å². The number of sulfonamides is 1. The van der Waals surface area contributed by atoms with Crippen molar-refractivity contribution in [2.24, 2.45) is 0 Å². The highest BCUT2D eigenvalue weighted by Crippen LogP contribution is 2.33. The SMILES string of the molecule is Cc1sc2ncn(CC(=O)Nc3cccc(Cl)c3)c(=O)c2c1S(=O)(=O)N1CCN(c2ncccn2)CC1. The van der Waals surface area contributed by atoms with Crippen LogP contribution >= 0.6 is 22.9 Å². The molecule has 0 atom stereocenters. The lowest BCUT2D eigenvalue weighted by atomic mass is 10.3. The fourth-order valence-corrected chi connectivity index (χ4v) is 7.45. The van der Waals surface area contributed by atoms with E-state index in [1.165, 1.54) is 10.6 Å². The first kappa shape index (κ1) is 25.3. The van der Waals surface area contributed by atoms with Crippen LogP contribution in [-0.2, 0) is 21.4 Å². The number of nitrogens with zero attached hydrogens (tertiary/aromatic N) is 6. The summed E-state index contributed by atoms with van der Waals surface area (Å²) in [6.07, 6.45) is 4.53. The van der Waals surface area contributed by atoms with Crippen LogP contribution in [-0.4, -0.2) is 64.3 Å². The summed E-state index contributed by atoms with van der Waals surface area (Å²) in [4.78, 5) is 41.3. The summed E-state index contributed by atoms with van der Waals surface area (Å²) in [5, 5.41) is 3.13. The van der Waals surface area contributed by atoms with E-state index in [1.54, 1.807) is 49.6 Å². The standard InChI is InChI=1S/C23H22ClN7O4S2/c1-15-20(37(34,35)31-10-8-29(9-11-31)23-25-6-3-7-26-23)19-21(36-15)27-14-30(22(19)33)13-18(32)28-17-5-2-4-16(24)12-17/h2-7,12,14H,8-11,13H2,1H3,(H,28,32). The molecule has 0 saturated carbocycles. The Morgan fingerprint density at radius 3 is 2.54 bits per heavy atom. The maximum Gasteiger partial charge on any atom is 0.263 e. The molecule has 1 fully saturated rings. The maximum atomic E-state index is 13.7. The zero-order chi connectivity index (χ0) is 26.2. The Balaban J connectivity index is 1.41. The third-order valence-electron chi connectivity index (χ3n) is 5.89. The Hall–Kier alpha value is -3.39. The fraction of sp³-hybridized carbons (Fsp3) is 0.261. The summed E-state index contributed by atoms with van der Waals surface area (Å²) in [6.45, 7) is 2.58. The van der Waals surface area contributed by atoms with E-state index in [1.807, 2.05) is 4.90 Å². The molecule has 1 saturated heterocycles. The number of anilines is 2. The fourth-order valence-electron chi connectivity index (χ4n) is 4.17. The predicted molar refractivity (Wildman–Crippen MR) is 142 cm³/mol. The Kier molecular flexibility index (Phi) is 6.94. The monoisotopic (exact) mass is 559 g/mol. The topological polar surface area (TPSA) is 130 Å². The van der Waals surface area contributed by atoms with Crippen molar-refractivity contribution in [2.75, 3.05) is 36.4 Å². The number of aryl methyl sites for hydroxylation is 1. The van der Waals surface area contributed by atoms with Crippen LogP contribution in [0.25, 0.3) is 10.2 Å². The van der Waals surface area contributed by atoms with Crippen molar-refractivity contribution >= 4 is 60.7 Å². The summed E-state index contributed by atoms with van der Waals surface area (Å²) in [5.41, 5.74) is -0.111. The number of benzene rings is 1. The molecule has 14 heteroatoms. The van der Waals surface area contributed by atoms with Gasteiger partial charge in [-0.05, 0) is 31.2 Å². The summed E-state index contributed by atoms with van der Waals surface area (Å²) in [6, 6.07) is 8.34. The van der Waals surface area contributed by atoms with Gasteiger partial charge in [0.15, 0.2) is 0 Å². The highest BCUT2D eigenvalue weighted by molar-refractivity contribution is 7.89. The molecule has 0 bridgehead atoms. The number of carbonyl (C=O) groups excluding carboxylic acids is 1. The van der Waals surface area contributed by atoms with E-state index in [-0.39, 0.29) is 29.9 Å². The molecular formula is C23H22ClN7O4S2. The first-order valence-electron chi connectivity index (χ1n) is 11.3. The Labute approximate surface area is 221 Å². The molecule has 1 N–H and O–H groups in total. The number of halogens is 1. The molecule has 192 valence electrons. The summed E-state index contributed by atoms with van der Waals surface area (Å²) in [7, 11) is -3.99. The van der Waals surface area contributed by atoms with Crippen molar-refractivity contribution in [2.45, 2.75) is 18.4 Å². The van der Waals surface area contributed by atoms with Gasteiger partial charge < -0.3 is 10.2 Å². The lowest BCUT2D eigenvalue weighted by molar-refractivity contribution is -0.116. The van der Waals surface area contributed by atoms with Crippen molar-refractivity contribution in [1.29, 1.82) is 0 Å². The van der Waals surface area contributed by atoms with Crippen molar-refractivity contribution < 1.29 is 13.2 Å². The van der Waals surface area contributed by atoms with Gasteiger partial charge in [-0.2, -0.15) is 4.31 Å². The lowest BCUT2D eigenvalue weighted by Gasteiger charge is -2.33. The largest absolute Gasteiger partial charge is 0.338 e. The highest BCUT2D eigenvalue weighted by Gasteiger charge is 2.34. The second kappa shape index (κ2) is 10.2. The summed E-state index contributed by atoms with van der Waals surface area (Å²) in [5.74, 6) is 0.0703. The molecule has 4 heterocycles. The molecular weight excluding hydrogens is 538 g/mol. The average Bonchev–Trinajstić information content (AvgIpc) is 3.24. The van der Waals surface area contributed by atoms with Gasteiger partial charge in [-0.15, -0.1) is 11.3 Å². The molecule has 37 heavy (non-hydrogen) atoms. The molecule has 0 spiro atoms. The molecule has 0 unspecified atom stereocenters. The molecule has 1 aromatic carbocycles. The van der Waals surface area contributed by atoms with Gasteiger partial charge in [-0.3, -0.25) is 14.2 Å². The number of nitrogens with one attached hydrogen (secondary N) is 1. The van der Waals surface area contributed by atoms with E-state index in [2.05, 4.69) is 20.3 Å². The Morgan fingerprint density at radius 2 is 1.84 bits per heavy atom. The summed E-state index contributed by atoms with van der Waals surface area (Å²) >= 11 is 7.10. The number of carbonyl (C=O) groups is 1. The van der Waals surface area contributed by atoms with Crippen LogP contribution in [0.5, 0.6) is 0 Å². The maximum absolute atomic E-state index is 13.7. The number of hydrogen-bond donors (Lipinski definition) is 1. The molecule has 1 aliphatic heterocycles. The number of amides is 1. The van der Waals surface area contributed by atoms with Crippen LogP contribution in [0.3, 0.4) is 0 Å². The van der Waals surface area contributed by atoms with Crippen LogP contribution in [0.1, 0.15) is 4.88 Å². The van der Waals surface area contributed by atoms with Crippen LogP contribution < -0.4 is 15.8 Å². The lowest BCUT2D eigenvalue weighted by Crippen LogP contribution is -2.49. The van der Waals surface area contributed by atoms with Crippen molar-refractivity contribution in [1.82, 2.24) is 23.8 Å². The van der Waals surface area contributed by atoms with E-state index in [9.17, 15) is 18.0 Å². The van der Waals surface area contributed by atoms with Crippen LogP contribution in [0.15, 0.2) is 58.7 Å². The van der Waals surface area contributed by atoms with Gasteiger partial charge in [0.1, 0.15) is 16.3 Å². The molecule has 1 aliphatic rings. The molecule has 0 aliphatic carbocycles.